The molecule has 202 valence electrons. The monoisotopic (exact) mass is 524 g/mol. The summed E-state index contributed by atoms with van der Waals surface area (Å²) < 4.78 is 9.20. The molecule has 0 heterocycles. The third-order valence-electron chi connectivity index (χ3n) is 6.31. The second-order valence-electron chi connectivity index (χ2n) is 8.98. The quantitative estimate of drug-likeness (QED) is 0.278. The van der Waals surface area contributed by atoms with Gasteiger partial charge in [0.15, 0.2) is 11.6 Å². The molecule has 3 rings (SSSR count). The summed E-state index contributed by atoms with van der Waals surface area (Å²) in [5, 5.41) is 21.0. The number of carbonyl (C=O) groups is 4. The van der Waals surface area contributed by atoms with Crippen molar-refractivity contribution in [3.05, 3.63) is 46.9 Å². The maximum atomic E-state index is 12.5. The van der Waals surface area contributed by atoms with E-state index in [0.717, 1.165) is 0 Å². The Kier molecular flexibility index (Phi) is 10.1. The molecule has 0 spiro atoms. The summed E-state index contributed by atoms with van der Waals surface area (Å²) in [6.45, 7) is 0. The van der Waals surface area contributed by atoms with Crippen molar-refractivity contribution >= 4 is 46.3 Å². The molecule has 0 bridgehead atoms. The van der Waals surface area contributed by atoms with Gasteiger partial charge in [-0.1, -0.05) is 0 Å². The van der Waals surface area contributed by atoms with Crippen LogP contribution in [0.2, 0.25) is 0 Å². The Bertz CT molecular complexity index is 1130. The predicted molar refractivity (Wildman–Crippen MR) is 140 cm³/mol. The number of Topliss-reactive ketones (excluding diaryl/α,β-unsaturated/α-hetero) is 2. The Hall–Kier alpha value is -4.08. The van der Waals surface area contributed by atoms with Gasteiger partial charge in [0.1, 0.15) is 11.5 Å². The van der Waals surface area contributed by atoms with Crippen molar-refractivity contribution in [3.63, 3.8) is 0 Å². The highest BCUT2D eigenvalue weighted by Crippen LogP contribution is 2.29. The number of nitrogens with zero attached hydrogens (tertiary/aromatic N) is 2. The lowest BCUT2D eigenvalue weighted by Gasteiger charge is -2.18. The van der Waals surface area contributed by atoms with Crippen LogP contribution >= 0.6 is 0 Å². The van der Waals surface area contributed by atoms with Gasteiger partial charge in [-0.3, -0.25) is 29.2 Å². The molecule has 1 aromatic carbocycles. The van der Waals surface area contributed by atoms with Gasteiger partial charge in [-0.15, -0.1) is 0 Å². The third kappa shape index (κ3) is 7.47. The first kappa shape index (κ1) is 28.5. The van der Waals surface area contributed by atoms with Gasteiger partial charge in [-0.05, 0) is 49.9 Å². The number of hydrogen-bond donors (Lipinski definition) is 2. The zero-order valence-corrected chi connectivity index (χ0v) is 21.6. The molecule has 2 N–H and O–H groups in total. The second kappa shape index (κ2) is 13.5. The molecule has 10 nitrogen and oxygen atoms in total. The Labute approximate surface area is 220 Å². The van der Waals surface area contributed by atoms with Crippen molar-refractivity contribution in [2.45, 2.75) is 64.2 Å². The average molecular weight is 525 g/mol. The van der Waals surface area contributed by atoms with Gasteiger partial charge < -0.3 is 19.7 Å². The van der Waals surface area contributed by atoms with Crippen LogP contribution in [-0.4, -0.2) is 59.4 Å². The van der Waals surface area contributed by atoms with Crippen molar-refractivity contribution in [1.82, 2.24) is 0 Å². The summed E-state index contributed by atoms with van der Waals surface area (Å²) in [6, 6.07) is 6.83. The van der Waals surface area contributed by atoms with Crippen LogP contribution in [0, 0.1) is 0 Å². The number of ketones is 2. The Balaban J connectivity index is 1.84. The van der Waals surface area contributed by atoms with E-state index in [-0.39, 0.29) is 59.9 Å². The van der Waals surface area contributed by atoms with Crippen LogP contribution in [0.5, 0.6) is 0 Å². The van der Waals surface area contributed by atoms with E-state index in [1.54, 1.807) is 24.3 Å². The first-order valence-corrected chi connectivity index (χ1v) is 12.5. The molecule has 1 aromatic rings. The summed E-state index contributed by atoms with van der Waals surface area (Å²) in [5.74, 6) is -1.73. The lowest BCUT2D eigenvalue weighted by Crippen LogP contribution is -2.21. The number of hydrogen-bond acceptors (Lipinski definition) is 10. The maximum Gasteiger partial charge on any atom is 0.305 e. The number of rotatable bonds is 8. The Morgan fingerprint density at radius 1 is 0.684 bits per heavy atom. The summed E-state index contributed by atoms with van der Waals surface area (Å²) in [6.07, 6.45) is 2.73. The molecule has 0 unspecified atom stereocenters. The summed E-state index contributed by atoms with van der Waals surface area (Å²) in [5.41, 5.74) is 2.33. The number of methoxy groups -OCH3 is 2. The molecule has 2 aliphatic rings. The second-order valence-corrected chi connectivity index (χ2v) is 8.98. The van der Waals surface area contributed by atoms with Crippen molar-refractivity contribution in [1.29, 1.82) is 0 Å². The lowest BCUT2D eigenvalue weighted by molar-refractivity contribution is -0.141. The number of allylic oxidation sites excluding steroid dienone is 4. The lowest BCUT2D eigenvalue weighted by atomic mass is 9.89. The van der Waals surface area contributed by atoms with E-state index < -0.39 is 11.9 Å². The van der Waals surface area contributed by atoms with Gasteiger partial charge in [-0.25, -0.2) is 0 Å². The summed E-state index contributed by atoms with van der Waals surface area (Å²) >= 11 is 0. The molecule has 0 aliphatic heterocycles. The van der Waals surface area contributed by atoms with Crippen molar-refractivity contribution in [2.75, 3.05) is 14.2 Å². The van der Waals surface area contributed by atoms with E-state index in [2.05, 4.69) is 19.5 Å². The molecule has 0 saturated heterocycles. The predicted octanol–water partition coefficient (Wildman–Crippen LogP) is 4.87. The fourth-order valence-corrected chi connectivity index (χ4v) is 4.34. The van der Waals surface area contributed by atoms with Gasteiger partial charge in [0.2, 0.25) is 0 Å². The number of carbonyl (C=O) groups excluding carboxylic acids is 4. The van der Waals surface area contributed by atoms with Gasteiger partial charge >= 0.3 is 11.9 Å². The molecule has 0 amide bonds. The van der Waals surface area contributed by atoms with Crippen LogP contribution in [0.4, 0.5) is 11.4 Å². The standard InChI is InChI=1S/C28H32N2O8/c1-37-25(35)15-13-23(33)27-19(5-3-7-21(27)31)29-17-9-11-18(12-10-17)30-20-6-4-8-22(32)28(20)24(34)14-16-26(36)38-2/h9-12,33-34H,3-8,13-16H2,1-2H3. The molecule has 0 aromatic heterocycles. The van der Waals surface area contributed by atoms with E-state index >= 15 is 0 Å². The third-order valence-corrected chi connectivity index (χ3v) is 6.31. The molecule has 2 saturated carbocycles. The SMILES string of the molecule is COC(=O)CCC(O)=C1C(=O)CCCC1=Nc1ccc(N=C2CCCC(=O)C2=C(O)CCC(=O)OC)cc1. The minimum Gasteiger partial charge on any atom is -0.511 e. The molecular weight excluding hydrogens is 492 g/mol. The highest BCUT2D eigenvalue weighted by atomic mass is 16.5. The van der Waals surface area contributed by atoms with E-state index in [9.17, 15) is 29.4 Å². The van der Waals surface area contributed by atoms with Crippen LogP contribution in [-0.2, 0) is 28.7 Å². The first-order valence-electron chi connectivity index (χ1n) is 12.5. The fraction of sp³-hybridized carbons (Fsp3) is 0.429. The van der Waals surface area contributed by atoms with E-state index in [0.29, 0.717) is 61.3 Å². The molecule has 10 heteroatoms. The number of aliphatic hydroxyl groups is 2. The van der Waals surface area contributed by atoms with E-state index in [1.165, 1.54) is 14.2 Å². The van der Waals surface area contributed by atoms with Crippen LogP contribution in [0.1, 0.15) is 64.2 Å². The maximum absolute atomic E-state index is 12.5. The summed E-state index contributed by atoms with van der Waals surface area (Å²) in [7, 11) is 2.52. The van der Waals surface area contributed by atoms with Gasteiger partial charge in [0.05, 0.1) is 61.0 Å². The molecular formula is C28H32N2O8. The number of ether oxygens (including phenoxy) is 2. The van der Waals surface area contributed by atoms with Crippen LogP contribution in [0.25, 0.3) is 0 Å². The molecule has 0 radical (unpaired) electrons. The highest BCUT2D eigenvalue weighted by molar-refractivity contribution is 6.25. The van der Waals surface area contributed by atoms with Crippen molar-refractivity contribution in [2.24, 2.45) is 9.98 Å². The molecule has 2 aliphatic carbocycles. The van der Waals surface area contributed by atoms with Gasteiger partial charge in [-0.2, -0.15) is 0 Å². The number of benzene rings is 1. The Morgan fingerprint density at radius 3 is 1.39 bits per heavy atom. The first-order chi connectivity index (χ1) is 18.2. The molecule has 38 heavy (non-hydrogen) atoms. The summed E-state index contributed by atoms with van der Waals surface area (Å²) in [4.78, 5) is 57.1. The molecule has 2 fully saturated rings. The number of esters is 2. The van der Waals surface area contributed by atoms with Crippen LogP contribution in [0.15, 0.2) is 56.9 Å². The van der Waals surface area contributed by atoms with Crippen LogP contribution in [0.3, 0.4) is 0 Å². The zero-order chi connectivity index (χ0) is 27.7. The fourth-order valence-electron chi connectivity index (χ4n) is 4.34. The zero-order valence-electron chi connectivity index (χ0n) is 21.6. The normalized spacial score (nSPS) is 20.9. The smallest absolute Gasteiger partial charge is 0.305 e. The minimum atomic E-state index is -0.481. The average Bonchev–Trinajstić information content (AvgIpc) is 2.91. The van der Waals surface area contributed by atoms with Gasteiger partial charge in [0, 0.05) is 25.7 Å². The highest BCUT2D eigenvalue weighted by Gasteiger charge is 2.27. The number of aliphatic hydroxyl groups excluding tert-OH is 2. The van der Waals surface area contributed by atoms with E-state index in [4.69, 9.17) is 0 Å². The van der Waals surface area contributed by atoms with Crippen LogP contribution < -0.4 is 0 Å². The van der Waals surface area contributed by atoms with Gasteiger partial charge in [0.25, 0.3) is 0 Å². The van der Waals surface area contributed by atoms with Crippen molar-refractivity contribution in [3.8, 4) is 0 Å². The molecule has 0 atom stereocenters. The van der Waals surface area contributed by atoms with E-state index in [1.807, 2.05) is 0 Å². The minimum absolute atomic E-state index is 0.00968. The largest absolute Gasteiger partial charge is 0.511 e. The van der Waals surface area contributed by atoms with Crippen molar-refractivity contribution < 1.29 is 38.9 Å². The Morgan fingerprint density at radius 2 is 1.05 bits per heavy atom. The number of aliphatic imine (C=N–C) groups is 2. The topological polar surface area (TPSA) is 152 Å².